The number of anilines is 2. The fraction of sp³-hybridized carbons (Fsp3) is 0.533. The number of nitrogens with two attached hydrogens (primary N) is 1. The van der Waals surface area contributed by atoms with E-state index in [0.29, 0.717) is 24.4 Å². The van der Waals surface area contributed by atoms with Crippen LogP contribution in [0.1, 0.15) is 23.7 Å². The predicted molar refractivity (Wildman–Crippen MR) is 81.1 cm³/mol. The van der Waals surface area contributed by atoms with E-state index in [1.54, 1.807) is 6.07 Å². The molecule has 5 nitrogen and oxygen atoms in total. The lowest BCUT2D eigenvalue weighted by Crippen LogP contribution is -2.36. The molecule has 2 rings (SSSR count). The van der Waals surface area contributed by atoms with Crippen molar-refractivity contribution < 1.29 is 9.53 Å². The molecule has 2 N–H and O–H groups in total. The van der Waals surface area contributed by atoms with E-state index >= 15 is 0 Å². The molecule has 1 aliphatic heterocycles. The number of hydrogen-bond donors (Lipinski definition) is 1. The van der Waals surface area contributed by atoms with Crippen molar-refractivity contribution in [3.05, 3.63) is 23.8 Å². The Morgan fingerprint density at radius 1 is 1.45 bits per heavy atom. The average molecular weight is 277 g/mol. The second-order valence-electron chi connectivity index (χ2n) is 5.46. The Morgan fingerprint density at radius 2 is 2.20 bits per heavy atom. The molecule has 1 saturated heterocycles. The maximum atomic E-state index is 12.8. The molecular formula is C15H23N3O2. The highest BCUT2D eigenvalue weighted by Gasteiger charge is 2.23. The van der Waals surface area contributed by atoms with E-state index in [1.165, 1.54) is 0 Å². The van der Waals surface area contributed by atoms with Crippen LogP contribution in [-0.4, -0.2) is 50.7 Å². The van der Waals surface area contributed by atoms with E-state index in [-0.39, 0.29) is 12.0 Å². The van der Waals surface area contributed by atoms with Gasteiger partial charge in [0.2, 0.25) is 0 Å². The molecule has 0 bridgehead atoms. The molecule has 0 radical (unpaired) electrons. The molecule has 110 valence electrons. The van der Waals surface area contributed by atoms with Crippen LogP contribution < -0.4 is 10.6 Å². The number of ether oxygens (including phenoxy) is 1. The van der Waals surface area contributed by atoms with Gasteiger partial charge in [0.1, 0.15) is 0 Å². The summed E-state index contributed by atoms with van der Waals surface area (Å²) in [6.45, 7) is 4.06. The minimum Gasteiger partial charge on any atom is -0.399 e. The summed E-state index contributed by atoms with van der Waals surface area (Å²) in [7, 11) is 3.85. The lowest BCUT2D eigenvalue weighted by Gasteiger charge is -2.25. The van der Waals surface area contributed by atoms with Crippen LogP contribution in [0.5, 0.6) is 0 Å². The van der Waals surface area contributed by atoms with Gasteiger partial charge in [-0.2, -0.15) is 0 Å². The molecular weight excluding hydrogens is 254 g/mol. The maximum absolute atomic E-state index is 12.8. The molecule has 1 aromatic rings. The lowest BCUT2D eigenvalue weighted by atomic mass is 10.1. The number of nitrogens with zero attached hydrogens (tertiary/aromatic N) is 2. The summed E-state index contributed by atoms with van der Waals surface area (Å²) in [4.78, 5) is 16.6. The highest BCUT2D eigenvalue weighted by atomic mass is 16.5. The molecule has 1 unspecified atom stereocenters. The average Bonchev–Trinajstić information content (AvgIpc) is 2.62. The Bertz CT molecular complexity index is 488. The summed E-state index contributed by atoms with van der Waals surface area (Å²) in [5, 5.41) is 0. The van der Waals surface area contributed by atoms with E-state index in [2.05, 4.69) is 0 Å². The standard InChI is InChI=1S/C15H23N3O2/c1-11-10-18(7-4-8-20-11)15(19)13-9-12(16)5-6-14(13)17(2)3/h5-6,9,11H,4,7-8,10,16H2,1-3H3. The zero-order valence-corrected chi connectivity index (χ0v) is 12.4. The van der Waals surface area contributed by atoms with Crippen molar-refractivity contribution in [2.24, 2.45) is 0 Å². The highest BCUT2D eigenvalue weighted by Crippen LogP contribution is 2.23. The first-order valence-electron chi connectivity index (χ1n) is 6.96. The summed E-state index contributed by atoms with van der Waals surface area (Å²) in [5.41, 5.74) is 8.00. The van der Waals surface area contributed by atoms with Gasteiger partial charge in [-0.1, -0.05) is 0 Å². The highest BCUT2D eigenvalue weighted by molar-refractivity contribution is 6.00. The number of rotatable bonds is 2. The molecule has 0 spiro atoms. The minimum absolute atomic E-state index is 0.0263. The van der Waals surface area contributed by atoms with E-state index in [4.69, 9.17) is 10.5 Å². The first-order chi connectivity index (χ1) is 9.49. The van der Waals surface area contributed by atoms with Crippen molar-refractivity contribution in [1.29, 1.82) is 0 Å². The van der Waals surface area contributed by atoms with Crippen molar-refractivity contribution in [1.82, 2.24) is 4.90 Å². The maximum Gasteiger partial charge on any atom is 0.256 e. The Labute approximate surface area is 120 Å². The molecule has 0 saturated carbocycles. The first-order valence-corrected chi connectivity index (χ1v) is 6.96. The molecule has 1 amide bonds. The molecule has 5 heteroatoms. The zero-order chi connectivity index (χ0) is 14.7. The van der Waals surface area contributed by atoms with E-state index in [1.807, 2.05) is 43.0 Å². The van der Waals surface area contributed by atoms with Crippen LogP contribution in [0.25, 0.3) is 0 Å². The number of benzene rings is 1. The van der Waals surface area contributed by atoms with Gasteiger partial charge < -0.3 is 20.3 Å². The van der Waals surface area contributed by atoms with Crippen LogP contribution in [0.4, 0.5) is 11.4 Å². The SMILES string of the molecule is CC1CN(C(=O)c2cc(N)ccc2N(C)C)CCCO1. The number of carbonyl (C=O) groups excluding carboxylic acids is 1. The Morgan fingerprint density at radius 3 is 2.90 bits per heavy atom. The smallest absolute Gasteiger partial charge is 0.256 e. The van der Waals surface area contributed by atoms with Crippen molar-refractivity contribution in [2.45, 2.75) is 19.4 Å². The molecule has 1 atom stereocenters. The van der Waals surface area contributed by atoms with Gasteiger partial charge in [-0.25, -0.2) is 0 Å². The second-order valence-corrected chi connectivity index (χ2v) is 5.46. The summed E-state index contributed by atoms with van der Waals surface area (Å²) >= 11 is 0. The van der Waals surface area contributed by atoms with Gasteiger partial charge in [0.25, 0.3) is 5.91 Å². The Kier molecular flexibility index (Phi) is 4.49. The molecule has 1 heterocycles. The lowest BCUT2D eigenvalue weighted by molar-refractivity contribution is 0.0563. The topological polar surface area (TPSA) is 58.8 Å². The largest absolute Gasteiger partial charge is 0.399 e. The van der Waals surface area contributed by atoms with E-state index < -0.39 is 0 Å². The van der Waals surface area contributed by atoms with Gasteiger partial charge in [0.05, 0.1) is 11.7 Å². The van der Waals surface area contributed by atoms with Gasteiger partial charge in [0.15, 0.2) is 0 Å². The zero-order valence-electron chi connectivity index (χ0n) is 12.4. The third kappa shape index (κ3) is 3.22. The molecule has 0 aliphatic carbocycles. The van der Waals surface area contributed by atoms with Crippen molar-refractivity contribution in [2.75, 3.05) is 44.4 Å². The van der Waals surface area contributed by atoms with Gasteiger partial charge in [-0.05, 0) is 31.5 Å². The van der Waals surface area contributed by atoms with Gasteiger partial charge >= 0.3 is 0 Å². The number of carbonyl (C=O) groups is 1. The second kappa shape index (κ2) is 6.13. The fourth-order valence-corrected chi connectivity index (χ4v) is 2.46. The van der Waals surface area contributed by atoms with Gasteiger partial charge in [-0.15, -0.1) is 0 Å². The Balaban J connectivity index is 2.29. The molecule has 1 aromatic carbocycles. The van der Waals surface area contributed by atoms with Crippen molar-refractivity contribution in [3.8, 4) is 0 Å². The Hall–Kier alpha value is -1.75. The number of nitrogen functional groups attached to an aromatic ring is 1. The summed E-state index contributed by atoms with van der Waals surface area (Å²) < 4.78 is 5.59. The van der Waals surface area contributed by atoms with Crippen LogP contribution in [0, 0.1) is 0 Å². The van der Waals surface area contributed by atoms with Crippen LogP contribution >= 0.6 is 0 Å². The monoisotopic (exact) mass is 277 g/mol. The summed E-state index contributed by atoms with van der Waals surface area (Å²) in [5.74, 6) is 0.0263. The van der Waals surface area contributed by atoms with Crippen LogP contribution in [0.15, 0.2) is 18.2 Å². The third-order valence-electron chi connectivity index (χ3n) is 3.47. The quantitative estimate of drug-likeness (QED) is 0.834. The van der Waals surface area contributed by atoms with Gasteiger partial charge in [0, 0.05) is 45.2 Å². The van der Waals surface area contributed by atoms with Crippen LogP contribution in [0.2, 0.25) is 0 Å². The van der Waals surface area contributed by atoms with Gasteiger partial charge in [-0.3, -0.25) is 4.79 Å². The molecule has 0 aromatic heterocycles. The first kappa shape index (κ1) is 14.7. The summed E-state index contributed by atoms with van der Waals surface area (Å²) in [6, 6.07) is 5.47. The number of amides is 1. The van der Waals surface area contributed by atoms with Crippen molar-refractivity contribution >= 4 is 17.3 Å². The summed E-state index contributed by atoms with van der Waals surface area (Å²) in [6.07, 6.45) is 0.945. The van der Waals surface area contributed by atoms with E-state index in [9.17, 15) is 4.79 Å². The third-order valence-corrected chi connectivity index (χ3v) is 3.47. The molecule has 20 heavy (non-hydrogen) atoms. The predicted octanol–water partition coefficient (Wildman–Crippen LogP) is 1.59. The van der Waals surface area contributed by atoms with Crippen LogP contribution in [0.3, 0.4) is 0 Å². The number of hydrogen-bond acceptors (Lipinski definition) is 4. The normalized spacial score (nSPS) is 19.6. The molecule has 1 aliphatic rings. The van der Waals surface area contributed by atoms with Crippen LogP contribution in [-0.2, 0) is 4.74 Å². The minimum atomic E-state index is 0.0263. The fourth-order valence-electron chi connectivity index (χ4n) is 2.46. The van der Waals surface area contributed by atoms with Crippen molar-refractivity contribution in [3.63, 3.8) is 0 Å². The van der Waals surface area contributed by atoms with E-state index in [0.717, 1.165) is 18.7 Å². The molecule has 1 fully saturated rings.